The number of rotatable bonds is 3. The van der Waals surface area contributed by atoms with E-state index in [0.717, 1.165) is 34.0 Å². The van der Waals surface area contributed by atoms with Crippen LogP contribution < -0.4 is 4.74 Å². The molecule has 0 fully saturated rings. The summed E-state index contributed by atoms with van der Waals surface area (Å²) in [4.78, 5) is 4.55. The molecule has 19 heavy (non-hydrogen) atoms. The summed E-state index contributed by atoms with van der Waals surface area (Å²) in [6.07, 6.45) is 0.890. The average molecular weight is 254 g/mol. The SMILES string of the molecule is CCc1cc2cc(C)c(C(C)C#N)cc2nc1OC. The standard InChI is InChI=1S/C16H18N2O/c1-5-12-7-13-6-10(2)14(11(3)9-17)8-15(13)18-16(12)19-4/h6-8,11H,5H2,1-4H3. The first-order valence-corrected chi connectivity index (χ1v) is 6.48. The molecule has 0 amide bonds. The smallest absolute Gasteiger partial charge is 0.216 e. The Kier molecular flexibility index (Phi) is 3.71. The fourth-order valence-corrected chi connectivity index (χ4v) is 2.34. The summed E-state index contributed by atoms with van der Waals surface area (Å²) in [7, 11) is 1.64. The first-order valence-electron chi connectivity index (χ1n) is 6.48. The molecule has 0 aliphatic carbocycles. The molecule has 98 valence electrons. The molecule has 3 nitrogen and oxygen atoms in total. The fourth-order valence-electron chi connectivity index (χ4n) is 2.34. The van der Waals surface area contributed by atoms with Crippen LogP contribution in [0.3, 0.4) is 0 Å². The van der Waals surface area contributed by atoms with E-state index in [1.54, 1.807) is 7.11 Å². The van der Waals surface area contributed by atoms with E-state index in [0.29, 0.717) is 5.88 Å². The van der Waals surface area contributed by atoms with Crippen LogP contribution in [0.25, 0.3) is 10.9 Å². The highest BCUT2D eigenvalue weighted by atomic mass is 16.5. The highest BCUT2D eigenvalue weighted by Gasteiger charge is 2.12. The zero-order valence-corrected chi connectivity index (χ0v) is 11.8. The first kappa shape index (κ1) is 13.4. The van der Waals surface area contributed by atoms with Crippen molar-refractivity contribution in [3.05, 3.63) is 34.9 Å². The number of hydrogen-bond acceptors (Lipinski definition) is 3. The van der Waals surface area contributed by atoms with Crippen molar-refractivity contribution in [2.24, 2.45) is 0 Å². The molecular formula is C16H18N2O. The van der Waals surface area contributed by atoms with Gasteiger partial charge in [0.05, 0.1) is 24.6 Å². The normalized spacial score (nSPS) is 12.2. The maximum absolute atomic E-state index is 9.07. The van der Waals surface area contributed by atoms with Gasteiger partial charge in [0, 0.05) is 10.9 Å². The Morgan fingerprint density at radius 2 is 2.11 bits per heavy atom. The number of nitriles is 1. The minimum atomic E-state index is -0.122. The molecule has 2 aromatic rings. The van der Waals surface area contributed by atoms with Gasteiger partial charge in [-0.25, -0.2) is 4.98 Å². The van der Waals surface area contributed by atoms with Crippen LogP contribution in [-0.2, 0) is 6.42 Å². The first-order chi connectivity index (χ1) is 9.10. The number of hydrogen-bond donors (Lipinski definition) is 0. The maximum atomic E-state index is 9.07. The van der Waals surface area contributed by atoms with Crippen molar-refractivity contribution in [1.29, 1.82) is 5.26 Å². The Labute approximate surface area is 113 Å². The van der Waals surface area contributed by atoms with E-state index in [9.17, 15) is 0 Å². The second kappa shape index (κ2) is 5.27. The molecule has 0 saturated heterocycles. The van der Waals surface area contributed by atoms with Crippen LogP contribution in [-0.4, -0.2) is 12.1 Å². The molecule has 0 radical (unpaired) electrons. The topological polar surface area (TPSA) is 45.9 Å². The Bertz CT molecular complexity index is 656. The van der Waals surface area contributed by atoms with Crippen LogP contribution in [0, 0.1) is 18.3 Å². The Balaban J connectivity index is 2.69. The van der Waals surface area contributed by atoms with E-state index in [-0.39, 0.29) is 5.92 Å². The van der Waals surface area contributed by atoms with Crippen molar-refractivity contribution in [2.75, 3.05) is 7.11 Å². The van der Waals surface area contributed by atoms with Gasteiger partial charge in [0.1, 0.15) is 0 Å². The highest BCUT2D eigenvalue weighted by molar-refractivity contribution is 5.82. The number of aromatic nitrogens is 1. The molecule has 3 heteroatoms. The van der Waals surface area contributed by atoms with Crippen molar-refractivity contribution < 1.29 is 4.74 Å². The number of fused-ring (bicyclic) bond motifs is 1. The van der Waals surface area contributed by atoms with E-state index in [2.05, 4.69) is 30.1 Å². The lowest BCUT2D eigenvalue weighted by Gasteiger charge is -2.12. The molecule has 0 saturated carbocycles. The summed E-state index contributed by atoms with van der Waals surface area (Å²) >= 11 is 0. The zero-order chi connectivity index (χ0) is 14.0. The van der Waals surface area contributed by atoms with Gasteiger partial charge in [0.2, 0.25) is 5.88 Å². The molecule has 0 spiro atoms. The molecule has 1 heterocycles. The number of pyridine rings is 1. The summed E-state index contributed by atoms with van der Waals surface area (Å²) in [6, 6.07) is 8.50. The van der Waals surface area contributed by atoms with Crippen LogP contribution >= 0.6 is 0 Å². The average Bonchev–Trinajstić information content (AvgIpc) is 2.44. The van der Waals surface area contributed by atoms with Gasteiger partial charge < -0.3 is 4.74 Å². The number of aryl methyl sites for hydroxylation is 2. The third-order valence-electron chi connectivity index (χ3n) is 3.48. The van der Waals surface area contributed by atoms with Crippen LogP contribution in [0.4, 0.5) is 0 Å². The summed E-state index contributed by atoms with van der Waals surface area (Å²) in [5.41, 5.74) is 4.16. The summed E-state index contributed by atoms with van der Waals surface area (Å²) < 4.78 is 5.33. The Morgan fingerprint density at radius 1 is 1.37 bits per heavy atom. The van der Waals surface area contributed by atoms with Gasteiger partial charge in [0.25, 0.3) is 0 Å². The van der Waals surface area contributed by atoms with Crippen LogP contribution in [0.2, 0.25) is 0 Å². The Morgan fingerprint density at radius 3 is 2.68 bits per heavy atom. The van der Waals surface area contributed by atoms with E-state index < -0.39 is 0 Å². The number of ether oxygens (including phenoxy) is 1. The van der Waals surface area contributed by atoms with Crippen LogP contribution in [0.15, 0.2) is 18.2 Å². The van der Waals surface area contributed by atoms with Gasteiger partial charge in [-0.2, -0.15) is 5.26 Å². The number of methoxy groups -OCH3 is 1. The minimum absolute atomic E-state index is 0.122. The summed E-state index contributed by atoms with van der Waals surface area (Å²) in [5, 5.41) is 10.2. The van der Waals surface area contributed by atoms with Gasteiger partial charge in [-0.3, -0.25) is 0 Å². The van der Waals surface area contributed by atoms with Crippen molar-refractivity contribution in [3.63, 3.8) is 0 Å². The molecule has 1 atom stereocenters. The second-order valence-corrected chi connectivity index (χ2v) is 4.76. The lowest BCUT2D eigenvalue weighted by molar-refractivity contribution is 0.395. The summed E-state index contributed by atoms with van der Waals surface area (Å²) in [5.74, 6) is 0.553. The molecule has 1 unspecified atom stereocenters. The lowest BCUT2D eigenvalue weighted by Crippen LogP contribution is -1.98. The van der Waals surface area contributed by atoms with Crippen LogP contribution in [0.1, 0.15) is 36.5 Å². The van der Waals surface area contributed by atoms with E-state index in [4.69, 9.17) is 10.00 Å². The van der Waals surface area contributed by atoms with Crippen molar-refractivity contribution in [1.82, 2.24) is 4.98 Å². The molecule has 0 N–H and O–H groups in total. The van der Waals surface area contributed by atoms with E-state index in [1.807, 2.05) is 19.9 Å². The second-order valence-electron chi connectivity index (χ2n) is 4.76. The van der Waals surface area contributed by atoms with E-state index >= 15 is 0 Å². The van der Waals surface area contributed by atoms with Gasteiger partial charge in [-0.1, -0.05) is 6.92 Å². The molecule has 0 aliphatic heterocycles. The van der Waals surface area contributed by atoms with Crippen molar-refractivity contribution in [2.45, 2.75) is 33.1 Å². The van der Waals surface area contributed by atoms with Crippen LogP contribution in [0.5, 0.6) is 5.88 Å². The van der Waals surface area contributed by atoms with Crippen molar-refractivity contribution >= 4 is 10.9 Å². The maximum Gasteiger partial charge on any atom is 0.216 e. The third-order valence-corrected chi connectivity index (χ3v) is 3.48. The lowest BCUT2D eigenvalue weighted by atomic mass is 9.95. The van der Waals surface area contributed by atoms with Gasteiger partial charge in [-0.15, -0.1) is 0 Å². The quantitative estimate of drug-likeness (QED) is 0.838. The monoisotopic (exact) mass is 254 g/mol. The molecule has 2 rings (SSSR count). The van der Waals surface area contributed by atoms with Gasteiger partial charge in [-0.05, 0) is 49.6 Å². The van der Waals surface area contributed by atoms with Gasteiger partial charge >= 0.3 is 0 Å². The highest BCUT2D eigenvalue weighted by Crippen LogP contribution is 2.28. The Hall–Kier alpha value is -2.08. The predicted molar refractivity (Wildman–Crippen MR) is 76.4 cm³/mol. The molecule has 1 aromatic heterocycles. The molecule has 1 aromatic carbocycles. The fraction of sp³-hybridized carbons (Fsp3) is 0.375. The van der Waals surface area contributed by atoms with E-state index in [1.165, 1.54) is 0 Å². The third kappa shape index (κ3) is 2.39. The number of nitrogens with zero attached hydrogens (tertiary/aromatic N) is 2. The molecular weight excluding hydrogens is 236 g/mol. The largest absolute Gasteiger partial charge is 0.481 e. The minimum Gasteiger partial charge on any atom is -0.481 e. The zero-order valence-electron chi connectivity index (χ0n) is 11.8. The summed E-state index contributed by atoms with van der Waals surface area (Å²) in [6.45, 7) is 6.04. The molecule has 0 bridgehead atoms. The van der Waals surface area contributed by atoms with Gasteiger partial charge in [0.15, 0.2) is 0 Å². The number of benzene rings is 1. The predicted octanol–water partition coefficient (Wildman–Crippen LogP) is 3.74. The van der Waals surface area contributed by atoms with Crippen molar-refractivity contribution in [3.8, 4) is 11.9 Å². The molecule has 0 aliphatic rings.